The van der Waals surface area contributed by atoms with Gasteiger partial charge < -0.3 is 4.74 Å². The van der Waals surface area contributed by atoms with Gasteiger partial charge in [-0.15, -0.1) is 0 Å². The zero-order valence-corrected chi connectivity index (χ0v) is 5.37. The lowest BCUT2D eigenvalue weighted by atomic mass is 10.4. The summed E-state index contributed by atoms with van der Waals surface area (Å²) in [6.45, 7) is 1.67. The molecule has 0 amide bonds. The Bertz CT molecular complexity index is 126. The monoisotopic (exact) mass is 134 g/mol. The van der Waals surface area contributed by atoms with Gasteiger partial charge in [-0.25, -0.2) is 8.78 Å². The lowest BCUT2D eigenvalue weighted by molar-refractivity contribution is -0.0320. The maximum Gasteiger partial charge on any atom is 0.279 e. The number of ether oxygens (including phenoxy) is 1. The van der Waals surface area contributed by atoms with Crippen molar-refractivity contribution in [3.8, 4) is 12.0 Å². The molecule has 0 saturated heterocycles. The van der Waals surface area contributed by atoms with Crippen LogP contribution < -0.4 is 0 Å². The van der Waals surface area contributed by atoms with Crippen molar-refractivity contribution in [2.75, 3.05) is 6.61 Å². The van der Waals surface area contributed by atoms with Crippen molar-refractivity contribution in [2.24, 2.45) is 0 Å². The molecule has 0 fully saturated rings. The Hall–Kier alpha value is -0.780. The van der Waals surface area contributed by atoms with Crippen molar-refractivity contribution in [1.82, 2.24) is 0 Å². The number of rotatable bonds is 2. The summed E-state index contributed by atoms with van der Waals surface area (Å²) in [5.41, 5.74) is 0. The fraction of sp³-hybridized carbons (Fsp3) is 0.667. The Balaban J connectivity index is 3.36. The Morgan fingerprint density at radius 1 is 1.56 bits per heavy atom. The SMILES string of the molecule is CC#COCC(C)(F)F. The first kappa shape index (κ1) is 8.22. The number of hydrogen-bond donors (Lipinski definition) is 0. The first-order chi connectivity index (χ1) is 4.06. The van der Waals surface area contributed by atoms with Crippen LogP contribution in [-0.4, -0.2) is 12.5 Å². The zero-order chi connectivity index (χ0) is 7.33. The highest BCUT2D eigenvalue weighted by Crippen LogP contribution is 2.10. The fourth-order valence-electron chi connectivity index (χ4n) is 0.235. The van der Waals surface area contributed by atoms with Gasteiger partial charge in [-0.1, -0.05) is 5.92 Å². The van der Waals surface area contributed by atoms with Gasteiger partial charge in [-0.05, 0) is 0 Å². The molecule has 0 radical (unpaired) electrons. The molecule has 0 aliphatic carbocycles. The number of halogens is 2. The van der Waals surface area contributed by atoms with Crippen LogP contribution in [0.25, 0.3) is 0 Å². The molecule has 1 nitrogen and oxygen atoms in total. The minimum atomic E-state index is -2.77. The van der Waals surface area contributed by atoms with Crippen LogP contribution in [-0.2, 0) is 4.74 Å². The van der Waals surface area contributed by atoms with E-state index in [1.54, 1.807) is 0 Å². The maximum atomic E-state index is 11.9. The van der Waals surface area contributed by atoms with E-state index in [4.69, 9.17) is 0 Å². The van der Waals surface area contributed by atoms with E-state index in [9.17, 15) is 8.78 Å². The van der Waals surface area contributed by atoms with Crippen LogP contribution in [0.1, 0.15) is 13.8 Å². The van der Waals surface area contributed by atoms with Gasteiger partial charge in [0.25, 0.3) is 5.92 Å². The molecule has 0 aromatic carbocycles. The average Bonchev–Trinajstić information content (AvgIpc) is 1.63. The number of alkyl halides is 2. The van der Waals surface area contributed by atoms with Crippen molar-refractivity contribution < 1.29 is 13.5 Å². The van der Waals surface area contributed by atoms with E-state index in [0.717, 1.165) is 6.92 Å². The molecule has 3 heteroatoms. The highest BCUT2D eigenvalue weighted by molar-refractivity contribution is 4.85. The van der Waals surface area contributed by atoms with E-state index in [-0.39, 0.29) is 0 Å². The molecule has 0 aromatic rings. The highest BCUT2D eigenvalue weighted by atomic mass is 19.3. The summed E-state index contributed by atoms with van der Waals surface area (Å²) < 4.78 is 27.9. The van der Waals surface area contributed by atoms with Crippen LogP contribution in [0.15, 0.2) is 0 Å². The quantitative estimate of drug-likeness (QED) is 0.521. The molecule has 0 aromatic heterocycles. The third-order valence-electron chi connectivity index (χ3n) is 0.500. The van der Waals surface area contributed by atoms with Gasteiger partial charge in [0.2, 0.25) is 0 Å². The zero-order valence-electron chi connectivity index (χ0n) is 5.37. The minimum Gasteiger partial charge on any atom is -0.440 e. The van der Waals surface area contributed by atoms with E-state index in [2.05, 4.69) is 16.8 Å². The predicted molar refractivity (Wildman–Crippen MR) is 30.0 cm³/mol. The normalized spacial score (nSPS) is 9.78. The van der Waals surface area contributed by atoms with Crippen LogP contribution in [0.3, 0.4) is 0 Å². The molecular formula is C6H8F2O. The predicted octanol–water partition coefficient (Wildman–Crippen LogP) is 1.64. The third-order valence-corrected chi connectivity index (χ3v) is 0.500. The van der Waals surface area contributed by atoms with E-state index in [1.807, 2.05) is 0 Å². The first-order valence-electron chi connectivity index (χ1n) is 2.47. The van der Waals surface area contributed by atoms with E-state index in [1.165, 1.54) is 6.92 Å². The molecule has 0 aliphatic heterocycles. The molecule has 0 atom stereocenters. The molecule has 52 valence electrons. The molecule has 0 heterocycles. The summed E-state index contributed by atoms with van der Waals surface area (Å²) in [5.74, 6) is -0.439. The first-order valence-corrected chi connectivity index (χ1v) is 2.47. The standard InChI is InChI=1S/C6H8F2O/c1-3-4-9-5-6(2,7)8/h5H2,1-2H3. The van der Waals surface area contributed by atoms with Crippen LogP contribution in [0.4, 0.5) is 8.78 Å². The smallest absolute Gasteiger partial charge is 0.279 e. The molecule has 0 rings (SSSR count). The van der Waals surface area contributed by atoms with Crippen LogP contribution >= 0.6 is 0 Å². The van der Waals surface area contributed by atoms with E-state index >= 15 is 0 Å². The van der Waals surface area contributed by atoms with Crippen LogP contribution in [0.2, 0.25) is 0 Å². The summed E-state index contributed by atoms with van der Waals surface area (Å²) in [4.78, 5) is 0. The Morgan fingerprint density at radius 2 is 2.11 bits per heavy atom. The van der Waals surface area contributed by atoms with Crippen LogP contribution in [0.5, 0.6) is 0 Å². The molecule has 0 saturated carbocycles. The molecule has 0 spiro atoms. The van der Waals surface area contributed by atoms with Gasteiger partial charge in [-0.3, -0.25) is 0 Å². The number of hydrogen-bond acceptors (Lipinski definition) is 1. The Kier molecular flexibility index (Phi) is 3.00. The Labute approximate surface area is 53.0 Å². The van der Waals surface area contributed by atoms with Gasteiger partial charge in [0.05, 0.1) is 0 Å². The molecule has 0 bridgehead atoms. The second-order valence-electron chi connectivity index (χ2n) is 1.71. The second-order valence-corrected chi connectivity index (χ2v) is 1.71. The lowest BCUT2D eigenvalue weighted by Crippen LogP contribution is -2.16. The van der Waals surface area contributed by atoms with Gasteiger partial charge in [0.15, 0.2) is 6.61 Å². The second kappa shape index (κ2) is 3.29. The lowest BCUT2D eigenvalue weighted by Gasteiger charge is -2.05. The maximum absolute atomic E-state index is 11.9. The molecule has 9 heavy (non-hydrogen) atoms. The summed E-state index contributed by atoms with van der Waals surface area (Å²) >= 11 is 0. The van der Waals surface area contributed by atoms with Crippen molar-refractivity contribution in [3.63, 3.8) is 0 Å². The molecule has 0 aliphatic rings. The summed E-state index contributed by atoms with van der Waals surface area (Å²) in [6, 6.07) is 0. The van der Waals surface area contributed by atoms with E-state index < -0.39 is 12.5 Å². The van der Waals surface area contributed by atoms with Gasteiger partial charge in [0, 0.05) is 13.8 Å². The van der Waals surface area contributed by atoms with Gasteiger partial charge in [0.1, 0.15) is 6.11 Å². The molecule has 0 N–H and O–H groups in total. The third kappa shape index (κ3) is 7.22. The summed E-state index contributed by atoms with van der Waals surface area (Å²) in [7, 11) is 0. The largest absolute Gasteiger partial charge is 0.440 e. The van der Waals surface area contributed by atoms with Crippen molar-refractivity contribution >= 4 is 0 Å². The molecular weight excluding hydrogens is 126 g/mol. The van der Waals surface area contributed by atoms with Crippen molar-refractivity contribution in [2.45, 2.75) is 19.8 Å². The van der Waals surface area contributed by atoms with Crippen LogP contribution in [0, 0.1) is 12.0 Å². The molecule has 0 unspecified atom stereocenters. The van der Waals surface area contributed by atoms with Crippen molar-refractivity contribution in [3.05, 3.63) is 0 Å². The van der Waals surface area contributed by atoms with E-state index in [0.29, 0.717) is 0 Å². The van der Waals surface area contributed by atoms with Gasteiger partial charge in [-0.2, -0.15) is 0 Å². The Morgan fingerprint density at radius 3 is 2.44 bits per heavy atom. The highest BCUT2D eigenvalue weighted by Gasteiger charge is 2.21. The average molecular weight is 134 g/mol. The topological polar surface area (TPSA) is 9.23 Å². The minimum absolute atomic E-state index is 0.631. The fourth-order valence-corrected chi connectivity index (χ4v) is 0.235. The van der Waals surface area contributed by atoms with Crippen molar-refractivity contribution in [1.29, 1.82) is 0 Å². The van der Waals surface area contributed by atoms with Gasteiger partial charge >= 0.3 is 0 Å². The summed E-state index contributed by atoms with van der Waals surface area (Å²) in [5, 5.41) is 0. The summed E-state index contributed by atoms with van der Waals surface area (Å²) in [6.07, 6.45) is 2.07.